The minimum absolute atomic E-state index is 0.0252. The molecule has 2 N–H and O–H groups in total. The third-order valence-electron chi connectivity index (χ3n) is 2.37. The van der Waals surface area contributed by atoms with Crippen molar-refractivity contribution < 1.29 is 22.6 Å². The van der Waals surface area contributed by atoms with Crippen LogP contribution in [0.2, 0.25) is 0 Å². The van der Waals surface area contributed by atoms with E-state index in [4.69, 9.17) is 10.5 Å². The molecule has 0 aromatic heterocycles. The molecule has 1 unspecified atom stereocenters. The van der Waals surface area contributed by atoms with Gasteiger partial charge in [-0.3, -0.25) is 0 Å². The molecule has 108 valence electrons. The summed E-state index contributed by atoms with van der Waals surface area (Å²) in [5.41, 5.74) is 6.71. The predicted molar refractivity (Wildman–Crippen MR) is 66.0 cm³/mol. The molecule has 0 amide bonds. The second kappa shape index (κ2) is 7.35. The second-order valence-electron chi connectivity index (χ2n) is 4.23. The Morgan fingerprint density at radius 1 is 1.16 bits per heavy atom. The van der Waals surface area contributed by atoms with E-state index >= 15 is 0 Å². The summed E-state index contributed by atoms with van der Waals surface area (Å²) in [6, 6.07) is 7.26. The van der Waals surface area contributed by atoms with Gasteiger partial charge >= 0.3 is 6.18 Å². The summed E-state index contributed by atoms with van der Waals surface area (Å²) in [4.78, 5) is 0. The summed E-state index contributed by atoms with van der Waals surface area (Å²) in [7, 11) is 0. The first kappa shape index (κ1) is 15.8. The van der Waals surface area contributed by atoms with Gasteiger partial charge in [-0.05, 0) is 24.6 Å². The first-order valence-electron chi connectivity index (χ1n) is 6.01. The fourth-order valence-corrected chi connectivity index (χ4v) is 1.41. The van der Waals surface area contributed by atoms with Crippen LogP contribution in [0, 0.1) is 0 Å². The maximum atomic E-state index is 11.8. The average Bonchev–Trinajstić information content (AvgIpc) is 2.33. The normalized spacial score (nSPS) is 13.3. The van der Waals surface area contributed by atoms with E-state index in [9.17, 15) is 13.2 Å². The lowest BCUT2D eigenvalue weighted by atomic mass is 10.1. The Morgan fingerprint density at radius 2 is 1.79 bits per heavy atom. The Kier molecular flexibility index (Phi) is 6.11. The van der Waals surface area contributed by atoms with Gasteiger partial charge < -0.3 is 15.2 Å². The molecular formula is C13H18F3NO2. The number of nitrogens with two attached hydrogens (primary N) is 1. The lowest BCUT2D eigenvalue weighted by Gasteiger charge is -2.10. The predicted octanol–water partition coefficient (Wildman–Crippen LogP) is 3.05. The van der Waals surface area contributed by atoms with Crippen LogP contribution >= 0.6 is 0 Å². The number of benzene rings is 1. The van der Waals surface area contributed by atoms with E-state index in [-0.39, 0.29) is 12.6 Å². The zero-order valence-electron chi connectivity index (χ0n) is 10.7. The van der Waals surface area contributed by atoms with Gasteiger partial charge in [0, 0.05) is 12.5 Å². The smallest absolute Gasteiger partial charge is 0.411 e. The van der Waals surface area contributed by atoms with E-state index < -0.39 is 12.8 Å². The van der Waals surface area contributed by atoms with Crippen LogP contribution in [0.25, 0.3) is 0 Å². The lowest BCUT2D eigenvalue weighted by Crippen LogP contribution is -2.18. The van der Waals surface area contributed by atoms with E-state index in [1.165, 1.54) is 0 Å². The molecule has 6 heteroatoms. The molecule has 1 atom stereocenters. The second-order valence-corrected chi connectivity index (χ2v) is 4.23. The molecule has 3 nitrogen and oxygen atoms in total. The summed E-state index contributed by atoms with van der Waals surface area (Å²) in [5, 5.41) is 0. The first-order valence-corrected chi connectivity index (χ1v) is 6.01. The van der Waals surface area contributed by atoms with Gasteiger partial charge in [-0.25, -0.2) is 0 Å². The zero-order valence-corrected chi connectivity index (χ0v) is 10.7. The number of ether oxygens (including phenoxy) is 2. The molecule has 1 rings (SSSR count). The van der Waals surface area contributed by atoms with E-state index in [0.717, 1.165) is 5.56 Å². The maximum absolute atomic E-state index is 11.8. The summed E-state index contributed by atoms with van der Waals surface area (Å²) in [6.45, 7) is 1.01. The molecule has 19 heavy (non-hydrogen) atoms. The molecule has 0 fully saturated rings. The highest BCUT2D eigenvalue weighted by Gasteiger charge is 2.27. The fraction of sp³-hybridized carbons (Fsp3) is 0.538. The van der Waals surface area contributed by atoms with Crippen molar-refractivity contribution in [1.82, 2.24) is 0 Å². The molecule has 0 bridgehead atoms. The lowest BCUT2D eigenvalue weighted by molar-refractivity contribution is -0.174. The van der Waals surface area contributed by atoms with Crippen molar-refractivity contribution >= 4 is 0 Å². The number of alkyl halides is 3. The number of rotatable bonds is 7. The maximum Gasteiger partial charge on any atom is 0.411 e. The van der Waals surface area contributed by atoms with Crippen LogP contribution in [0.3, 0.4) is 0 Å². The van der Waals surface area contributed by atoms with Gasteiger partial charge in [0.2, 0.25) is 0 Å². The molecule has 0 spiro atoms. The quantitative estimate of drug-likeness (QED) is 0.779. The van der Waals surface area contributed by atoms with Gasteiger partial charge in [0.05, 0.1) is 13.2 Å². The van der Waals surface area contributed by atoms with Gasteiger partial charge in [0.25, 0.3) is 0 Å². The van der Waals surface area contributed by atoms with Gasteiger partial charge in [-0.1, -0.05) is 12.1 Å². The van der Waals surface area contributed by atoms with Crippen molar-refractivity contribution in [2.45, 2.75) is 25.6 Å². The van der Waals surface area contributed by atoms with Crippen molar-refractivity contribution in [3.05, 3.63) is 29.8 Å². The highest BCUT2D eigenvalue weighted by atomic mass is 19.4. The topological polar surface area (TPSA) is 44.5 Å². The van der Waals surface area contributed by atoms with Crippen molar-refractivity contribution in [3.8, 4) is 5.75 Å². The molecule has 1 aromatic rings. The Hall–Kier alpha value is -1.27. The summed E-state index contributed by atoms with van der Waals surface area (Å²) in [6.07, 6.45) is -3.86. The summed E-state index contributed by atoms with van der Waals surface area (Å²) >= 11 is 0. The average molecular weight is 277 g/mol. The van der Waals surface area contributed by atoms with E-state index in [2.05, 4.69) is 4.74 Å². The standard InChI is InChI=1S/C13H18F3NO2/c1-10(17)11-3-5-12(6-4-11)19-8-2-7-18-9-13(14,15)16/h3-6,10H,2,7-9,17H2,1H3. The summed E-state index contributed by atoms with van der Waals surface area (Å²) < 4.78 is 45.1. The zero-order chi connectivity index (χ0) is 14.3. The molecule has 0 saturated carbocycles. The van der Waals surface area contributed by atoms with E-state index in [1.54, 1.807) is 12.1 Å². The monoisotopic (exact) mass is 277 g/mol. The minimum atomic E-state index is -4.27. The fourth-order valence-electron chi connectivity index (χ4n) is 1.41. The van der Waals surface area contributed by atoms with Crippen molar-refractivity contribution in [1.29, 1.82) is 0 Å². The first-order chi connectivity index (χ1) is 8.88. The van der Waals surface area contributed by atoms with Gasteiger partial charge in [-0.2, -0.15) is 13.2 Å². The van der Waals surface area contributed by atoms with Crippen LogP contribution in [0.5, 0.6) is 5.75 Å². The Morgan fingerprint density at radius 3 is 2.32 bits per heavy atom. The van der Waals surface area contributed by atoms with Crippen LogP contribution in [0.15, 0.2) is 24.3 Å². The van der Waals surface area contributed by atoms with Gasteiger partial charge in [0.1, 0.15) is 12.4 Å². The van der Waals surface area contributed by atoms with Crippen molar-refractivity contribution in [2.24, 2.45) is 5.73 Å². The molecule has 0 radical (unpaired) electrons. The molecule has 0 heterocycles. The van der Waals surface area contributed by atoms with Crippen LogP contribution < -0.4 is 10.5 Å². The molecular weight excluding hydrogens is 259 g/mol. The highest BCUT2D eigenvalue weighted by molar-refractivity contribution is 5.28. The van der Waals surface area contributed by atoms with Crippen LogP contribution in [-0.4, -0.2) is 26.0 Å². The number of hydrogen-bond acceptors (Lipinski definition) is 3. The van der Waals surface area contributed by atoms with Crippen LogP contribution in [0.4, 0.5) is 13.2 Å². The SMILES string of the molecule is CC(N)c1ccc(OCCCOCC(F)(F)F)cc1. The van der Waals surface area contributed by atoms with E-state index in [0.29, 0.717) is 18.8 Å². The Bertz CT molecular complexity index is 363. The molecule has 0 aliphatic carbocycles. The van der Waals surface area contributed by atoms with E-state index in [1.807, 2.05) is 19.1 Å². The molecule has 0 saturated heterocycles. The van der Waals surface area contributed by atoms with Gasteiger partial charge in [-0.15, -0.1) is 0 Å². The minimum Gasteiger partial charge on any atom is -0.494 e. The largest absolute Gasteiger partial charge is 0.494 e. The third kappa shape index (κ3) is 7.03. The number of hydrogen-bond donors (Lipinski definition) is 1. The number of halogens is 3. The molecule has 1 aromatic carbocycles. The Balaban J connectivity index is 2.16. The highest BCUT2D eigenvalue weighted by Crippen LogP contribution is 2.16. The van der Waals surface area contributed by atoms with Crippen molar-refractivity contribution in [2.75, 3.05) is 19.8 Å². The molecule has 0 aliphatic rings. The Labute approximate surface area is 110 Å². The van der Waals surface area contributed by atoms with Crippen molar-refractivity contribution in [3.63, 3.8) is 0 Å². The van der Waals surface area contributed by atoms with Gasteiger partial charge in [0.15, 0.2) is 0 Å². The van der Waals surface area contributed by atoms with Crippen LogP contribution in [0.1, 0.15) is 24.9 Å². The summed E-state index contributed by atoms with van der Waals surface area (Å²) in [5.74, 6) is 0.667. The van der Waals surface area contributed by atoms with Crippen LogP contribution in [-0.2, 0) is 4.74 Å². The molecule has 0 aliphatic heterocycles. The third-order valence-corrected chi connectivity index (χ3v) is 2.37.